The van der Waals surface area contributed by atoms with Crippen molar-refractivity contribution in [2.45, 2.75) is 19.8 Å². The van der Waals surface area contributed by atoms with E-state index in [4.69, 9.17) is 14.5 Å². The molecule has 0 saturated carbocycles. The SMILES string of the molecule is CCNC(=NCC1CCN(CCOC)CC1)N(C)CCOc1ccc(F)cc1.I. The van der Waals surface area contributed by atoms with Crippen LogP contribution in [-0.4, -0.2) is 82.4 Å². The highest BCUT2D eigenvalue weighted by Gasteiger charge is 2.19. The fraction of sp³-hybridized carbons (Fsp3) is 0.667. The molecule has 166 valence electrons. The van der Waals surface area contributed by atoms with E-state index >= 15 is 0 Å². The van der Waals surface area contributed by atoms with Gasteiger partial charge in [0.2, 0.25) is 0 Å². The molecule has 0 aromatic heterocycles. The van der Waals surface area contributed by atoms with Gasteiger partial charge in [-0.3, -0.25) is 4.99 Å². The summed E-state index contributed by atoms with van der Waals surface area (Å²) < 4.78 is 23.8. The Morgan fingerprint density at radius 1 is 1.24 bits per heavy atom. The van der Waals surface area contributed by atoms with Crippen molar-refractivity contribution in [2.75, 3.05) is 66.6 Å². The maximum absolute atomic E-state index is 12.9. The van der Waals surface area contributed by atoms with E-state index in [1.165, 1.54) is 25.0 Å². The van der Waals surface area contributed by atoms with Gasteiger partial charge in [-0.1, -0.05) is 0 Å². The Balaban J connectivity index is 0.00000420. The van der Waals surface area contributed by atoms with E-state index in [2.05, 4.69) is 22.0 Å². The highest BCUT2D eigenvalue weighted by Crippen LogP contribution is 2.17. The lowest BCUT2D eigenvalue weighted by atomic mass is 9.97. The minimum atomic E-state index is -0.254. The summed E-state index contributed by atoms with van der Waals surface area (Å²) in [5.74, 6) is 1.97. The average Bonchev–Trinajstić information content (AvgIpc) is 2.71. The lowest BCUT2D eigenvalue weighted by Crippen LogP contribution is -2.41. The van der Waals surface area contributed by atoms with Crippen molar-refractivity contribution in [3.63, 3.8) is 0 Å². The van der Waals surface area contributed by atoms with Crippen molar-refractivity contribution in [2.24, 2.45) is 10.9 Å². The summed E-state index contributed by atoms with van der Waals surface area (Å²) in [4.78, 5) is 9.39. The summed E-state index contributed by atoms with van der Waals surface area (Å²) in [6.45, 7) is 9.06. The van der Waals surface area contributed by atoms with Gasteiger partial charge in [0.05, 0.1) is 13.2 Å². The topological polar surface area (TPSA) is 49.3 Å². The number of likely N-dealkylation sites (N-methyl/N-ethyl adjacent to an activating group) is 1. The lowest BCUT2D eigenvalue weighted by molar-refractivity contribution is 0.121. The highest BCUT2D eigenvalue weighted by atomic mass is 127. The summed E-state index contributed by atoms with van der Waals surface area (Å²) in [7, 11) is 3.77. The Hall–Kier alpha value is -1.13. The van der Waals surface area contributed by atoms with Gasteiger partial charge < -0.3 is 24.6 Å². The van der Waals surface area contributed by atoms with Gasteiger partial charge in [0.25, 0.3) is 0 Å². The van der Waals surface area contributed by atoms with Crippen molar-refractivity contribution in [1.82, 2.24) is 15.1 Å². The van der Waals surface area contributed by atoms with Crippen molar-refractivity contribution in [3.8, 4) is 5.75 Å². The van der Waals surface area contributed by atoms with E-state index in [0.717, 1.165) is 45.3 Å². The lowest BCUT2D eigenvalue weighted by Gasteiger charge is -2.31. The summed E-state index contributed by atoms with van der Waals surface area (Å²) in [5.41, 5.74) is 0. The Morgan fingerprint density at radius 2 is 1.93 bits per heavy atom. The molecule has 2 rings (SSSR count). The molecule has 1 aliphatic heterocycles. The molecule has 29 heavy (non-hydrogen) atoms. The van der Waals surface area contributed by atoms with Gasteiger partial charge in [0.1, 0.15) is 18.2 Å². The third-order valence-electron chi connectivity index (χ3n) is 5.02. The van der Waals surface area contributed by atoms with Gasteiger partial charge in [-0.25, -0.2) is 4.39 Å². The molecule has 0 unspecified atom stereocenters. The Morgan fingerprint density at radius 3 is 2.55 bits per heavy atom. The number of methoxy groups -OCH3 is 1. The van der Waals surface area contributed by atoms with Crippen molar-refractivity contribution < 1.29 is 13.9 Å². The second kappa shape index (κ2) is 14.8. The highest BCUT2D eigenvalue weighted by molar-refractivity contribution is 14.0. The largest absolute Gasteiger partial charge is 0.492 e. The predicted octanol–water partition coefficient (Wildman–Crippen LogP) is 3.08. The second-order valence-electron chi connectivity index (χ2n) is 7.20. The molecule has 1 aromatic rings. The molecular formula is C21H36FIN4O2. The smallest absolute Gasteiger partial charge is 0.193 e. The molecule has 0 radical (unpaired) electrons. The Kier molecular flexibility index (Phi) is 13.2. The number of ether oxygens (including phenoxy) is 2. The number of hydrogen-bond acceptors (Lipinski definition) is 4. The first-order chi connectivity index (χ1) is 13.6. The van der Waals surface area contributed by atoms with Crippen LogP contribution in [-0.2, 0) is 4.74 Å². The zero-order valence-electron chi connectivity index (χ0n) is 17.9. The number of piperidine rings is 1. The molecule has 6 nitrogen and oxygen atoms in total. The minimum Gasteiger partial charge on any atom is -0.492 e. The number of halogens is 2. The zero-order chi connectivity index (χ0) is 20.2. The van der Waals surface area contributed by atoms with Gasteiger partial charge in [-0.05, 0) is 63.0 Å². The fourth-order valence-corrected chi connectivity index (χ4v) is 3.24. The number of likely N-dealkylation sites (tertiary alicyclic amines) is 1. The number of guanidine groups is 1. The number of aliphatic imine (C=N–C) groups is 1. The van der Waals surface area contributed by atoms with Gasteiger partial charge in [0, 0.05) is 33.8 Å². The molecule has 1 aromatic carbocycles. The number of nitrogens with zero attached hydrogens (tertiary/aromatic N) is 3. The summed E-state index contributed by atoms with van der Waals surface area (Å²) in [6, 6.07) is 6.11. The third-order valence-corrected chi connectivity index (χ3v) is 5.02. The minimum absolute atomic E-state index is 0. The van der Waals surface area contributed by atoms with Crippen LogP contribution in [0, 0.1) is 11.7 Å². The van der Waals surface area contributed by atoms with Crippen LogP contribution in [0.2, 0.25) is 0 Å². The van der Waals surface area contributed by atoms with E-state index in [1.807, 2.05) is 7.05 Å². The maximum atomic E-state index is 12.9. The van der Waals surface area contributed by atoms with Crippen LogP contribution in [0.4, 0.5) is 4.39 Å². The van der Waals surface area contributed by atoms with Gasteiger partial charge in [-0.15, -0.1) is 24.0 Å². The molecule has 0 aliphatic carbocycles. The van der Waals surface area contributed by atoms with Crippen LogP contribution in [0.15, 0.2) is 29.3 Å². The second-order valence-corrected chi connectivity index (χ2v) is 7.20. The first kappa shape index (κ1) is 25.9. The molecule has 1 heterocycles. The molecule has 8 heteroatoms. The maximum Gasteiger partial charge on any atom is 0.193 e. The predicted molar refractivity (Wildman–Crippen MR) is 127 cm³/mol. The van der Waals surface area contributed by atoms with Crippen LogP contribution < -0.4 is 10.1 Å². The summed E-state index contributed by atoms with van der Waals surface area (Å²) >= 11 is 0. The van der Waals surface area contributed by atoms with E-state index in [-0.39, 0.29) is 29.8 Å². The third kappa shape index (κ3) is 9.95. The van der Waals surface area contributed by atoms with Crippen molar-refractivity contribution >= 4 is 29.9 Å². The monoisotopic (exact) mass is 522 g/mol. The zero-order valence-corrected chi connectivity index (χ0v) is 20.2. The van der Waals surface area contributed by atoms with E-state index in [1.54, 1.807) is 19.2 Å². The van der Waals surface area contributed by atoms with E-state index in [0.29, 0.717) is 24.8 Å². The quantitative estimate of drug-likeness (QED) is 0.291. The summed E-state index contributed by atoms with van der Waals surface area (Å²) in [5, 5.41) is 3.36. The summed E-state index contributed by atoms with van der Waals surface area (Å²) in [6.07, 6.45) is 2.37. The van der Waals surface area contributed by atoms with Gasteiger partial charge in [-0.2, -0.15) is 0 Å². The molecule has 1 saturated heterocycles. The van der Waals surface area contributed by atoms with Crippen LogP contribution in [0.1, 0.15) is 19.8 Å². The van der Waals surface area contributed by atoms with Gasteiger partial charge >= 0.3 is 0 Å². The normalized spacial score (nSPS) is 15.7. The van der Waals surface area contributed by atoms with E-state index in [9.17, 15) is 4.39 Å². The molecule has 1 aliphatic rings. The molecule has 0 atom stereocenters. The fourth-order valence-electron chi connectivity index (χ4n) is 3.24. The van der Waals surface area contributed by atoms with Crippen LogP contribution in [0.5, 0.6) is 5.75 Å². The molecule has 0 amide bonds. The first-order valence-corrected chi connectivity index (χ1v) is 10.2. The number of benzene rings is 1. The van der Waals surface area contributed by atoms with Crippen LogP contribution in [0.25, 0.3) is 0 Å². The van der Waals surface area contributed by atoms with Crippen LogP contribution in [0.3, 0.4) is 0 Å². The Labute approximate surface area is 191 Å². The van der Waals surface area contributed by atoms with Crippen molar-refractivity contribution in [3.05, 3.63) is 30.1 Å². The number of hydrogen-bond donors (Lipinski definition) is 1. The molecule has 1 fully saturated rings. The Bertz CT molecular complexity index is 581. The van der Waals surface area contributed by atoms with Gasteiger partial charge in [0.15, 0.2) is 5.96 Å². The molecule has 0 bridgehead atoms. The number of rotatable bonds is 10. The van der Waals surface area contributed by atoms with Crippen LogP contribution >= 0.6 is 24.0 Å². The number of nitrogens with one attached hydrogen (secondary N) is 1. The van der Waals surface area contributed by atoms with E-state index < -0.39 is 0 Å². The molecule has 0 spiro atoms. The first-order valence-electron chi connectivity index (χ1n) is 10.2. The standard InChI is InChI=1S/C21H35FN4O2.HI/c1-4-23-21(24-17-18-9-11-26(12-10-18)14-15-27-3)25(2)13-16-28-20-7-5-19(22)6-8-20;/h5-8,18H,4,9-17H2,1-3H3,(H,23,24);1H. The molecular weight excluding hydrogens is 486 g/mol. The molecule has 1 N–H and O–H groups in total. The average molecular weight is 522 g/mol. The van der Waals surface area contributed by atoms with Crippen molar-refractivity contribution in [1.29, 1.82) is 0 Å².